The van der Waals surface area contributed by atoms with Crippen LogP contribution in [0.15, 0.2) is 22.7 Å². The predicted octanol–water partition coefficient (Wildman–Crippen LogP) is 3.82. The van der Waals surface area contributed by atoms with Crippen LogP contribution in [0.5, 0.6) is 5.75 Å². The molecule has 1 aromatic carbocycles. The molecule has 2 aromatic rings. The van der Waals surface area contributed by atoms with Gasteiger partial charge in [0.15, 0.2) is 4.77 Å². The summed E-state index contributed by atoms with van der Waals surface area (Å²) in [5, 5.41) is 7.10. The highest BCUT2D eigenvalue weighted by Crippen LogP contribution is 2.28. The monoisotopic (exact) mass is 327 g/mol. The Balaban J connectivity index is 2.62. The molecule has 1 aromatic heterocycles. The average Bonchev–Trinajstić information content (AvgIpc) is 2.72. The average molecular weight is 328 g/mol. The van der Waals surface area contributed by atoms with E-state index >= 15 is 0 Å². The molecule has 1 N–H and O–H groups in total. The van der Waals surface area contributed by atoms with Crippen molar-refractivity contribution < 1.29 is 4.74 Å². The number of benzene rings is 1. The first-order valence-corrected chi connectivity index (χ1v) is 6.76. The van der Waals surface area contributed by atoms with Gasteiger partial charge in [0.1, 0.15) is 11.6 Å². The van der Waals surface area contributed by atoms with E-state index in [0.717, 1.165) is 21.7 Å². The van der Waals surface area contributed by atoms with Crippen LogP contribution in [-0.4, -0.2) is 21.9 Å². The maximum Gasteiger partial charge on any atom is 0.199 e. The number of rotatable bonds is 3. The Morgan fingerprint density at radius 1 is 1.44 bits per heavy atom. The van der Waals surface area contributed by atoms with Crippen molar-refractivity contribution in [1.82, 2.24) is 14.8 Å². The van der Waals surface area contributed by atoms with Gasteiger partial charge in [-0.3, -0.25) is 9.67 Å². The Kier molecular flexibility index (Phi) is 3.87. The van der Waals surface area contributed by atoms with Crippen molar-refractivity contribution in [3.8, 4) is 11.4 Å². The smallest absolute Gasteiger partial charge is 0.199 e. The molecule has 0 aliphatic rings. The zero-order valence-electron chi connectivity index (χ0n) is 10.4. The van der Waals surface area contributed by atoms with Crippen molar-refractivity contribution in [2.75, 3.05) is 7.11 Å². The first kappa shape index (κ1) is 13.3. The third kappa shape index (κ3) is 2.35. The molecule has 6 heteroatoms. The molecular formula is C12H14BrN3OS. The van der Waals surface area contributed by atoms with Gasteiger partial charge in [-0.15, -0.1) is 0 Å². The number of methoxy groups -OCH3 is 1. The Labute approximate surface area is 119 Å². The second-order valence-electron chi connectivity index (χ2n) is 4.20. The van der Waals surface area contributed by atoms with Gasteiger partial charge in [0.2, 0.25) is 0 Å². The van der Waals surface area contributed by atoms with Crippen LogP contribution in [0.25, 0.3) is 5.69 Å². The third-order valence-corrected chi connectivity index (χ3v) is 3.54. The first-order valence-electron chi connectivity index (χ1n) is 5.55. The van der Waals surface area contributed by atoms with E-state index in [9.17, 15) is 0 Å². The molecule has 0 atom stereocenters. The molecule has 2 rings (SSSR count). The molecule has 4 nitrogen and oxygen atoms in total. The van der Waals surface area contributed by atoms with Gasteiger partial charge in [0.05, 0.1) is 17.3 Å². The van der Waals surface area contributed by atoms with Crippen molar-refractivity contribution in [2.45, 2.75) is 19.8 Å². The van der Waals surface area contributed by atoms with Crippen molar-refractivity contribution in [3.05, 3.63) is 33.3 Å². The van der Waals surface area contributed by atoms with E-state index in [1.807, 2.05) is 22.8 Å². The molecule has 0 bridgehead atoms. The number of H-pyrrole nitrogens is 1. The minimum absolute atomic E-state index is 0.285. The summed E-state index contributed by atoms with van der Waals surface area (Å²) in [5.41, 5.74) is 0.942. The maximum absolute atomic E-state index is 5.30. The van der Waals surface area contributed by atoms with Crippen LogP contribution >= 0.6 is 28.1 Å². The standard InChI is InChI=1S/C12H14BrN3OS/c1-7(2)11-14-15-12(18)16(11)8-4-5-9(13)10(6-8)17-3/h4-7H,1-3H3,(H,15,18). The van der Waals surface area contributed by atoms with Gasteiger partial charge in [-0.25, -0.2) is 0 Å². The van der Waals surface area contributed by atoms with E-state index in [1.54, 1.807) is 7.11 Å². The van der Waals surface area contributed by atoms with E-state index in [2.05, 4.69) is 40.0 Å². The highest BCUT2D eigenvalue weighted by atomic mass is 79.9. The quantitative estimate of drug-likeness (QED) is 0.871. The summed E-state index contributed by atoms with van der Waals surface area (Å²) in [6.45, 7) is 4.16. The molecule has 0 unspecified atom stereocenters. The molecule has 0 radical (unpaired) electrons. The molecule has 0 fully saturated rings. The molecule has 96 valence electrons. The molecule has 0 saturated heterocycles. The topological polar surface area (TPSA) is 42.8 Å². The van der Waals surface area contributed by atoms with E-state index in [-0.39, 0.29) is 5.92 Å². The van der Waals surface area contributed by atoms with Crippen LogP contribution in [0.2, 0.25) is 0 Å². The van der Waals surface area contributed by atoms with E-state index in [1.165, 1.54) is 0 Å². The molecule has 0 aliphatic heterocycles. The second kappa shape index (κ2) is 5.24. The number of aromatic amines is 1. The van der Waals surface area contributed by atoms with Gasteiger partial charge >= 0.3 is 0 Å². The van der Waals surface area contributed by atoms with E-state index in [4.69, 9.17) is 17.0 Å². The lowest BCUT2D eigenvalue weighted by atomic mass is 10.2. The molecule has 0 saturated carbocycles. The normalized spacial score (nSPS) is 10.9. The maximum atomic E-state index is 5.30. The summed E-state index contributed by atoms with van der Waals surface area (Å²) < 4.78 is 8.72. The van der Waals surface area contributed by atoms with Gasteiger partial charge in [0.25, 0.3) is 0 Å². The third-order valence-electron chi connectivity index (χ3n) is 2.61. The largest absolute Gasteiger partial charge is 0.495 e. The number of halogens is 1. The lowest BCUT2D eigenvalue weighted by molar-refractivity contribution is 0.412. The van der Waals surface area contributed by atoms with Gasteiger partial charge in [-0.05, 0) is 40.3 Å². The Hall–Kier alpha value is -1.14. The van der Waals surface area contributed by atoms with Crippen molar-refractivity contribution in [1.29, 1.82) is 0 Å². The fourth-order valence-electron chi connectivity index (χ4n) is 1.73. The van der Waals surface area contributed by atoms with E-state index < -0.39 is 0 Å². The highest BCUT2D eigenvalue weighted by molar-refractivity contribution is 9.10. The number of hydrogen-bond donors (Lipinski definition) is 1. The van der Waals surface area contributed by atoms with Crippen LogP contribution in [0.3, 0.4) is 0 Å². The van der Waals surface area contributed by atoms with Crippen LogP contribution in [0.1, 0.15) is 25.6 Å². The molecule has 0 amide bonds. The zero-order valence-corrected chi connectivity index (χ0v) is 12.8. The summed E-state index contributed by atoms with van der Waals surface area (Å²) in [5.74, 6) is 1.96. The molecule has 1 heterocycles. The lowest BCUT2D eigenvalue weighted by Gasteiger charge is -2.11. The molecule has 0 spiro atoms. The van der Waals surface area contributed by atoms with Gasteiger partial charge in [0, 0.05) is 12.0 Å². The summed E-state index contributed by atoms with van der Waals surface area (Å²) in [4.78, 5) is 0. The summed E-state index contributed by atoms with van der Waals surface area (Å²) in [7, 11) is 1.64. The van der Waals surface area contributed by atoms with Crippen LogP contribution in [0.4, 0.5) is 0 Å². The number of nitrogens with zero attached hydrogens (tertiary/aromatic N) is 2. The molecular weight excluding hydrogens is 314 g/mol. The fraction of sp³-hybridized carbons (Fsp3) is 0.333. The zero-order chi connectivity index (χ0) is 13.3. The summed E-state index contributed by atoms with van der Waals surface area (Å²) >= 11 is 8.71. The molecule has 18 heavy (non-hydrogen) atoms. The van der Waals surface area contributed by atoms with Crippen molar-refractivity contribution >= 4 is 28.1 Å². The highest BCUT2D eigenvalue weighted by Gasteiger charge is 2.13. The van der Waals surface area contributed by atoms with Crippen LogP contribution < -0.4 is 4.74 Å². The summed E-state index contributed by atoms with van der Waals surface area (Å²) in [6, 6.07) is 5.85. The van der Waals surface area contributed by atoms with Crippen molar-refractivity contribution in [2.24, 2.45) is 0 Å². The predicted molar refractivity (Wildman–Crippen MR) is 77.1 cm³/mol. The van der Waals surface area contributed by atoms with Crippen molar-refractivity contribution in [3.63, 3.8) is 0 Å². The Morgan fingerprint density at radius 2 is 2.17 bits per heavy atom. The van der Waals surface area contributed by atoms with Crippen LogP contribution in [-0.2, 0) is 0 Å². The minimum Gasteiger partial charge on any atom is -0.495 e. The van der Waals surface area contributed by atoms with Gasteiger partial charge < -0.3 is 4.74 Å². The summed E-state index contributed by atoms with van der Waals surface area (Å²) in [6.07, 6.45) is 0. The SMILES string of the molecule is COc1cc(-n2c(C(C)C)n[nH]c2=S)ccc1Br. The van der Waals surface area contributed by atoms with E-state index in [0.29, 0.717) is 4.77 Å². The first-order chi connectivity index (χ1) is 8.54. The Morgan fingerprint density at radius 3 is 2.78 bits per heavy atom. The number of nitrogens with one attached hydrogen (secondary N) is 1. The Bertz CT molecular complexity index is 618. The lowest BCUT2D eigenvalue weighted by Crippen LogP contribution is -2.03. The number of aromatic nitrogens is 3. The van der Waals surface area contributed by atoms with Gasteiger partial charge in [-0.1, -0.05) is 13.8 Å². The number of hydrogen-bond acceptors (Lipinski definition) is 3. The van der Waals surface area contributed by atoms with Gasteiger partial charge in [-0.2, -0.15) is 5.10 Å². The fourth-order valence-corrected chi connectivity index (χ4v) is 2.39. The molecule has 0 aliphatic carbocycles. The minimum atomic E-state index is 0.285. The second-order valence-corrected chi connectivity index (χ2v) is 5.44. The number of ether oxygens (including phenoxy) is 1. The van der Waals surface area contributed by atoms with Crippen LogP contribution in [0, 0.1) is 4.77 Å².